The molecule has 0 bridgehead atoms. The molecule has 0 amide bonds. The fraction of sp³-hybridized carbons (Fsp3) is 0.250. The van der Waals surface area contributed by atoms with Crippen molar-refractivity contribution < 1.29 is 9.47 Å². The summed E-state index contributed by atoms with van der Waals surface area (Å²) in [5, 5.41) is 4.18. The van der Waals surface area contributed by atoms with Gasteiger partial charge in [0.15, 0.2) is 11.5 Å². The van der Waals surface area contributed by atoms with Gasteiger partial charge in [0, 0.05) is 23.7 Å². The second-order valence-corrected chi connectivity index (χ2v) is 7.09. The second-order valence-electron chi connectivity index (χ2n) is 6.68. The molecule has 0 radical (unpaired) electrons. The van der Waals surface area contributed by atoms with Gasteiger partial charge in [-0.15, -0.1) is 0 Å². The molecule has 0 aliphatic heterocycles. The van der Waals surface area contributed by atoms with Gasteiger partial charge in [0.05, 0.1) is 6.61 Å². The van der Waals surface area contributed by atoms with Gasteiger partial charge in [0.1, 0.15) is 6.61 Å². The third-order valence-corrected chi connectivity index (χ3v) is 4.80. The molecule has 0 aliphatic rings. The van der Waals surface area contributed by atoms with Gasteiger partial charge in [-0.05, 0) is 43.2 Å². The molecule has 3 aromatic rings. The van der Waals surface area contributed by atoms with E-state index in [0.29, 0.717) is 18.2 Å². The summed E-state index contributed by atoms with van der Waals surface area (Å²) in [6, 6.07) is 22.3. The Morgan fingerprint density at radius 3 is 2.29 bits per heavy atom. The number of hydrogen-bond donors (Lipinski definition) is 1. The van der Waals surface area contributed by atoms with Gasteiger partial charge in [-0.1, -0.05) is 65.7 Å². The zero-order chi connectivity index (χ0) is 19.8. The van der Waals surface area contributed by atoms with Crippen LogP contribution in [0.4, 0.5) is 0 Å². The molecule has 0 aliphatic carbocycles. The van der Waals surface area contributed by atoms with E-state index in [1.807, 2.05) is 43.3 Å². The third kappa shape index (κ3) is 5.75. The molecule has 0 fully saturated rings. The Balaban J connectivity index is 1.61. The topological polar surface area (TPSA) is 30.5 Å². The molecule has 0 spiro atoms. The van der Waals surface area contributed by atoms with Crippen molar-refractivity contribution in [1.82, 2.24) is 5.32 Å². The third-order valence-electron chi connectivity index (χ3n) is 4.43. The summed E-state index contributed by atoms with van der Waals surface area (Å²) < 4.78 is 11.8. The first-order valence-corrected chi connectivity index (χ1v) is 9.91. The fourth-order valence-corrected chi connectivity index (χ4v) is 3.07. The summed E-state index contributed by atoms with van der Waals surface area (Å²) in [6.45, 7) is 6.66. The fourth-order valence-electron chi connectivity index (χ4n) is 2.88. The van der Waals surface area contributed by atoms with Crippen molar-refractivity contribution in [3.05, 3.63) is 94.0 Å². The van der Waals surface area contributed by atoms with Crippen LogP contribution in [0.1, 0.15) is 29.2 Å². The van der Waals surface area contributed by atoms with Gasteiger partial charge in [-0.25, -0.2) is 0 Å². The zero-order valence-corrected chi connectivity index (χ0v) is 17.1. The van der Waals surface area contributed by atoms with E-state index in [9.17, 15) is 0 Å². The standard InChI is InChI=1S/C24H26ClNO2/c1-3-27-24-14-20(16-26-15-19-10-8-18(2)9-11-19)12-13-23(24)28-17-21-6-4-5-7-22(21)25/h4-14,26H,3,15-17H2,1-2H3. The first kappa shape index (κ1) is 20.2. The van der Waals surface area contributed by atoms with Crippen LogP contribution in [-0.2, 0) is 19.7 Å². The first-order chi connectivity index (χ1) is 13.7. The van der Waals surface area contributed by atoms with Crippen molar-refractivity contribution in [2.45, 2.75) is 33.5 Å². The van der Waals surface area contributed by atoms with E-state index < -0.39 is 0 Å². The Morgan fingerprint density at radius 1 is 0.821 bits per heavy atom. The van der Waals surface area contributed by atoms with Gasteiger partial charge in [-0.2, -0.15) is 0 Å². The van der Waals surface area contributed by atoms with Crippen LogP contribution in [-0.4, -0.2) is 6.61 Å². The maximum atomic E-state index is 6.21. The van der Waals surface area contributed by atoms with Crippen LogP contribution in [0.15, 0.2) is 66.7 Å². The molecular formula is C24H26ClNO2. The van der Waals surface area contributed by atoms with Gasteiger partial charge in [0.2, 0.25) is 0 Å². The summed E-state index contributed by atoms with van der Waals surface area (Å²) in [5.74, 6) is 1.48. The average molecular weight is 396 g/mol. The van der Waals surface area contributed by atoms with E-state index in [0.717, 1.165) is 35.7 Å². The highest BCUT2D eigenvalue weighted by Gasteiger charge is 2.08. The number of benzene rings is 3. The first-order valence-electron chi connectivity index (χ1n) is 9.54. The maximum Gasteiger partial charge on any atom is 0.161 e. The number of ether oxygens (including phenoxy) is 2. The normalized spacial score (nSPS) is 10.7. The van der Waals surface area contributed by atoms with Crippen LogP contribution >= 0.6 is 11.6 Å². The van der Waals surface area contributed by atoms with Crippen LogP contribution < -0.4 is 14.8 Å². The lowest BCUT2D eigenvalue weighted by Gasteiger charge is -2.14. The molecule has 1 N–H and O–H groups in total. The average Bonchev–Trinajstić information content (AvgIpc) is 2.70. The predicted octanol–water partition coefficient (Wildman–Crippen LogP) is 5.92. The zero-order valence-electron chi connectivity index (χ0n) is 16.4. The van der Waals surface area contributed by atoms with E-state index in [-0.39, 0.29) is 0 Å². The largest absolute Gasteiger partial charge is 0.490 e. The minimum Gasteiger partial charge on any atom is -0.490 e. The highest BCUT2D eigenvalue weighted by Crippen LogP contribution is 2.30. The van der Waals surface area contributed by atoms with E-state index >= 15 is 0 Å². The van der Waals surface area contributed by atoms with Gasteiger partial charge in [-0.3, -0.25) is 0 Å². The molecule has 0 atom stereocenters. The summed E-state index contributed by atoms with van der Waals surface area (Å²) in [7, 11) is 0. The highest BCUT2D eigenvalue weighted by molar-refractivity contribution is 6.31. The Kier molecular flexibility index (Phi) is 7.35. The lowest BCUT2D eigenvalue weighted by molar-refractivity contribution is 0.269. The Labute approximate surface area is 172 Å². The molecule has 4 heteroatoms. The Bertz CT molecular complexity index is 893. The summed E-state index contributed by atoms with van der Waals surface area (Å²) in [6.07, 6.45) is 0. The quantitative estimate of drug-likeness (QED) is 0.488. The van der Waals surface area contributed by atoms with E-state index in [2.05, 4.69) is 42.6 Å². The molecule has 146 valence electrons. The molecule has 0 saturated carbocycles. The van der Waals surface area contributed by atoms with E-state index in [1.54, 1.807) is 0 Å². The van der Waals surface area contributed by atoms with E-state index in [1.165, 1.54) is 11.1 Å². The molecule has 0 aromatic heterocycles. The minimum atomic E-state index is 0.408. The monoisotopic (exact) mass is 395 g/mol. The highest BCUT2D eigenvalue weighted by atomic mass is 35.5. The predicted molar refractivity (Wildman–Crippen MR) is 115 cm³/mol. The number of rotatable bonds is 9. The lowest BCUT2D eigenvalue weighted by atomic mass is 10.1. The van der Waals surface area contributed by atoms with Crippen molar-refractivity contribution in [2.24, 2.45) is 0 Å². The van der Waals surface area contributed by atoms with Crippen molar-refractivity contribution in [3.8, 4) is 11.5 Å². The van der Waals surface area contributed by atoms with Crippen molar-refractivity contribution in [2.75, 3.05) is 6.61 Å². The minimum absolute atomic E-state index is 0.408. The second kappa shape index (κ2) is 10.2. The van der Waals surface area contributed by atoms with Gasteiger partial charge < -0.3 is 14.8 Å². The van der Waals surface area contributed by atoms with Crippen LogP contribution in [0.3, 0.4) is 0 Å². The molecule has 0 saturated heterocycles. The molecule has 3 aromatic carbocycles. The SMILES string of the molecule is CCOc1cc(CNCc2ccc(C)cc2)ccc1OCc1ccccc1Cl. The van der Waals surface area contributed by atoms with Crippen LogP contribution in [0, 0.1) is 6.92 Å². The van der Waals surface area contributed by atoms with Crippen LogP contribution in [0.25, 0.3) is 0 Å². The van der Waals surface area contributed by atoms with Gasteiger partial charge in [0.25, 0.3) is 0 Å². The lowest BCUT2D eigenvalue weighted by Crippen LogP contribution is -2.13. The van der Waals surface area contributed by atoms with Crippen LogP contribution in [0.5, 0.6) is 11.5 Å². The number of aryl methyl sites for hydroxylation is 1. The number of halogens is 1. The summed E-state index contributed by atoms with van der Waals surface area (Å²) >= 11 is 6.21. The van der Waals surface area contributed by atoms with Crippen LogP contribution in [0.2, 0.25) is 5.02 Å². The van der Waals surface area contributed by atoms with Crippen molar-refractivity contribution >= 4 is 11.6 Å². The summed E-state index contributed by atoms with van der Waals surface area (Å²) in [5.41, 5.74) is 4.66. The molecule has 3 nitrogen and oxygen atoms in total. The van der Waals surface area contributed by atoms with Crippen molar-refractivity contribution in [1.29, 1.82) is 0 Å². The number of nitrogens with one attached hydrogen (secondary N) is 1. The molecule has 28 heavy (non-hydrogen) atoms. The van der Waals surface area contributed by atoms with Gasteiger partial charge >= 0.3 is 0 Å². The molecule has 0 unspecified atom stereocenters. The molecule has 0 heterocycles. The molecule has 3 rings (SSSR count). The number of hydrogen-bond acceptors (Lipinski definition) is 3. The summed E-state index contributed by atoms with van der Waals surface area (Å²) in [4.78, 5) is 0. The van der Waals surface area contributed by atoms with Crippen molar-refractivity contribution in [3.63, 3.8) is 0 Å². The Hall–Kier alpha value is -2.49. The Morgan fingerprint density at radius 2 is 1.54 bits per heavy atom. The van der Waals surface area contributed by atoms with E-state index in [4.69, 9.17) is 21.1 Å². The smallest absolute Gasteiger partial charge is 0.161 e. The molecular weight excluding hydrogens is 370 g/mol. The maximum absolute atomic E-state index is 6.21.